The minimum absolute atomic E-state index is 0.00323. The zero-order chi connectivity index (χ0) is 15.8. The van der Waals surface area contributed by atoms with Crippen molar-refractivity contribution >= 4 is 11.4 Å². The van der Waals surface area contributed by atoms with E-state index < -0.39 is 4.92 Å². The molecule has 21 heavy (non-hydrogen) atoms. The Labute approximate surface area is 125 Å². The van der Waals surface area contributed by atoms with Crippen molar-refractivity contribution < 1.29 is 14.4 Å². The quantitative estimate of drug-likeness (QED) is 0.425. The zero-order valence-electron chi connectivity index (χ0n) is 13.1. The van der Waals surface area contributed by atoms with E-state index in [0.29, 0.717) is 29.6 Å². The average molecular weight is 296 g/mol. The highest BCUT2D eigenvalue weighted by Gasteiger charge is 2.19. The average Bonchev–Trinajstić information content (AvgIpc) is 2.45. The lowest BCUT2D eigenvalue weighted by molar-refractivity contribution is -0.384. The molecule has 0 saturated heterocycles. The molecule has 0 spiro atoms. The number of benzene rings is 1. The summed E-state index contributed by atoms with van der Waals surface area (Å²) in [6.07, 6.45) is 3.24. The summed E-state index contributed by atoms with van der Waals surface area (Å²) >= 11 is 0. The number of anilines is 1. The van der Waals surface area contributed by atoms with Crippen LogP contribution in [0.1, 0.15) is 33.1 Å². The third kappa shape index (κ3) is 5.13. The van der Waals surface area contributed by atoms with Crippen LogP contribution in [0.3, 0.4) is 0 Å². The van der Waals surface area contributed by atoms with Gasteiger partial charge in [-0.2, -0.15) is 0 Å². The van der Waals surface area contributed by atoms with Gasteiger partial charge in [-0.15, -0.1) is 0 Å². The summed E-state index contributed by atoms with van der Waals surface area (Å²) in [6, 6.07) is 2.99. The maximum absolute atomic E-state index is 11.1. The molecule has 0 radical (unpaired) electrons. The number of nitro groups is 1. The van der Waals surface area contributed by atoms with Crippen LogP contribution in [0.2, 0.25) is 0 Å². The van der Waals surface area contributed by atoms with Gasteiger partial charge in [0.05, 0.1) is 25.2 Å². The van der Waals surface area contributed by atoms with Gasteiger partial charge in [0.2, 0.25) is 0 Å². The van der Waals surface area contributed by atoms with E-state index in [1.807, 2.05) is 0 Å². The SMILES string of the molecule is COc1cc(NCCCCC(C)C)c([N+](=O)[O-])cc1OC. The van der Waals surface area contributed by atoms with E-state index in [-0.39, 0.29) is 5.69 Å². The largest absolute Gasteiger partial charge is 0.493 e. The predicted molar refractivity (Wildman–Crippen MR) is 83.4 cm³/mol. The molecule has 0 aliphatic carbocycles. The molecule has 0 unspecified atom stereocenters. The van der Waals surface area contributed by atoms with Crippen molar-refractivity contribution in [2.24, 2.45) is 5.92 Å². The Morgan fingerprint density at radius 2 is 1.81 bits per heavy atom. The molecule has 0 bridgehead atoms. The van der Waals surface area contributed by atoms with Crippen LogP contribution in [0.4, 0.5) is 11.4 Å². The first-order valence-corrected chi connectivity index (χ1v) is 7.13. The van der Waals surface area contributed by atoms with Crippen molar-refractivity contribution in [3.8, 4) is 11.5 Å². The number of methoxy groups -OCH3 is 2. The number of nitro benzene ring substituents is 1. The fourth-order valence-electron chi connectivity index (χ4n) is 2.06. The van der Waals surface area contributed by atoms with Crippen molar-refractivity contribution in [3.63, 3.8) is 0 Å². The molecule has 0 saturated carbocycles. The summed E-state index contributed by atoms with van der Waals surface area (Å²) < 4.78 is 10.3. The monoisotopic (exact) mass is 296 g/mol. The van der Waals surface area contributed by atoms with Crippen molar-refractivity contribution in [2.75, 3.05) is 26.1 Å². The van der Waals surface area contributed by atoms with Gasteiger partial charge in [-0.3, -0.25) is 10.1 Å². The smallest absolute Gasteiger partial charge is 0.296 e. The summed E-state index contributed by atoms with van der Waals surface area (Å²) in [7, 11) is 2.97. The molecular weight excluding hydrogens is 272 g/mol. The Balaban J connectivity index is 2.77. The normalized spacial score (nSPS) is 10.5. The lowest BCUT2D eigenvalue weighted by Gasteiger charge is -2.12. The van der Waals surface area contributed by atoms with Crippen LogP contribution in [-0.2, 0) is 0 Å². The topological polar surface area (TPSA) is 73.6 Å². The molecule has 0 aromatic heterocycles. The summed E-state index contributed by atoms with van der Waals surface area (Å²) in [5, 5.41) is 14.3. The summed E-state index contributed by atoms with van der Waals surface area (Å²) in [6.45, 7) is 5.07. The van der Waals surface area contributed by atoms with E-state index in [4.69, 9.17) is 9.47 Å². The molecule has 0 aliphatic heterocycles. The van der Waals surface area contributed by atoms with E-state index in [1.54, 1.807) is 6.07 Å². The number of nitrogens with zero attached hydrogens (tertiary/aromatic N) is 1. The van der Waals surface area contributed by atoms with Gasteiger partial charge in [-0.25, -0.2) is 0 Å². The minimum Gasteiger partial charge on any atom is -0.493 e. The standard InChI is InChI=1S/C15H24N2O4/c1-11(2)7-5-6-8-16-12-9-14(20-3)15(21-4)10-13(12)17(18)19/h9-11,16H,5-8H2,1-4H3. The number of hydrogen-bond acceptors (Lipinski definition) is 5. The zero-order valence-corrected chi connectivity index (χ0v) is 13.1. The van der Waals surface area contributed by atoms with Gasteiger partial charge in [-0.1, -0.05) is 26.7 Å². The molecule has 6 nitrogen and oxygen atoms in total. The first-order chi connectivity index (χ1) is 9.99. The third-order valence-electron chi connectivity index (χ3n) is 3.22. The molecule has 1 aromatic carbocycles. The van der Waals surface area contributed by atoms with Crippen LogP contribution in [0.5, 0.6) is 11.5 Å². The second-order valence-electron chi connectivity index (χ2n) is 5.30. The molecule has 0 heterocycles. The fourth-order valence-corrected chi connectivity index (χ4v) is 2.06. The van der Waals surface area contributed by atoms with Gasteiger partial charge >= 0.3 is 0 Å². The number of nitrogens with one attached hydrogen (secondary N) is 1. The Bertz CT molecular complexity index is 475. The minimum atomic E-state index is -0.418. The highest BCUT2D eigenvalue weighted by Crippen LogP contribution is 2.37. The van der Waals surface area contributed by atoms with E-state index in [0.717, 1.165) is 19.3 Å². The van der Waals surface area contributed by atoms with Gasteiger partial charge < -0.3 is 14.8 Å². The molecule has 0 amide bonds. The molecule has 0 atom stereocenters. The Kier molecular flexibility index (Phi) is 6.78. The number of unbranched alkanes of at least 4 members (excludes halogenated alkanes) is 1. The maximum atomic E-state index is 11.1. The van der Waals surface area contributed by atoms with Crippen LogP contribution in [-0.4, -0.2) is 25.7 Å². The molecule has 118 valence electrons. The number of rotatable bonds is 9. The van der Waals surface area contributed by atoms with Crippen LogP contribution in [0.25, 0.3) is 0 Å². The number of hydrogen-bond donors (Lipinski definition) is 1. The summed E-state index contributed by atoms with van der Waals surface area (Å²) in [4.78, 5) is 10.7. The van der Waals surface area contributed by atoms with Crippen LogP contribution in [0.15, 0.2) is 12.1 Å². The van der Waals surface area contributed by atoms with E-state index >= 15 is 0 Å². The van der Waals surface area contributed by atoms with Crippen molar-refractivity contribution in [3.05, 3.63) is 22.2 Å². The first-order valence-electron chi connectivity index (χ1n) is 7.13. The molecule has 1 aromatic rings. The molecule has 1 rings (SSSR count). The fraction of sp³-hybridized carbons (Fsp3) is 0.600. The van der Waals surface area contributed by atoms with E-state index in [2.05, 4.69) is 19.2 Å². The van der Waals surface area contributed by atoms with Gasteiger partial charge in [0.15, 0.2) is 11.5 Å². The molecule has 0 aliphatic rings. The Morgan fingerprint density at radius 1 is 1.19 bits per heavy atom. The van der Waals surface area contributed by atoms with Crippen LogP contribution in [0, 0.1) is 16.0 Å². The molecule has 6 heteroatoms. The lowest BCUT2D eigenvalue weighted by Crippen LogP contribution is -2.06. The summed E-state index contributed by atoms with van der Waals surface area (Å²) in [5.41, 5.74) is 0.457. The first kappa shape index (κ1) is 17.1. The Hall–Kier alpha value is -1.98. The van der Waals surface area contributed by atoms with Crippen LogP contribution >= 0.6 is 0 Å². The second-order valence-corrected chi connectivity index (χ2v) is 5.30. The highest BCUT2D eigenvalue weighted by atomic mass is 16.6. The van der Waals surface area contributed by atoms with Crippen LogP contribution < -0.4 is 14.8 Å². The van der Waals surface area contributed by atoms with Gasteiger partial charge in [0.25, 0.3) is 5.69 Å². The van der Waals surface area contributed by atoms with Gasteiger partial charge in [0, 0.05) is 12.6 Å². The van der Waals surface area contributed by atoms with Crippen molar-refractivity contribution in [1.82, 2.24) is 0 Å². The summed E-state index contributed by atoms with van der Waals surface area (Å²) in [5.74, 6) is 1.52. The maximum Gasteiger partial charge on any atom is 0.296 e. The lowest BCUT2D eigenvalue weighted by atomic mass is 10.1. The second kappa shape index (κ2) is 8.34. The van der Waals surface area contributed by atoms with Crippen molar-refractivity contribution in [1.29, 1.82) is 0 Å². The van der Waals surface area contributed by atoms with Crippen molar-refractivity contribution in [2.45, 2.75) is 33.1 Å². The van der Waals surface area contributed by atoms with Gasteiger partial charge in [-0.05, 0) is 12.3 Å². The molecular formula is C15H24N2O4. The number of ether oxygens (including phenoxy) is 2. The van der Waals surface area contributed by atoms with E-state index in [9.17, 15) is 10.1 Å². The van der Waals surface area contributed by atoms with E-state index in [1.165, 1.54) is 20.3 Å². The molecule has 0 fully saturated rings. The predicted octanol–water partition coefficient (Wildman–Crippen LogP) is 3.85. The molecule has 1 N–H and O–H groups in total. The Morgan fingerprint density at radius 3 is 2.33 bits per heavy atom. The third-order valence-corrected chi connectivity index (χ3v) is 3.22. The van der Waals surface area contributed by atoms with Gasteiger partial charge in [0.1, 0.15) is 5.69 Å². The highest BCUT2D eigenvalue weighted by molar-refractivity contribution is 5.68.